The summed E-state index contributed by atoms with van der Waals surface area (Å²) in [5.41, 5.74) is -2.64. The number of nitrogens with one attached hydrogen (secondary N) is 1. The van der Waals surface area contributed by atoms with Crippen molar-refractivity contribution in [3.05, 3.63) is 33.7 Å². The molecule has 0 radical (unpaired) electrons. The van der Waals surface area contributed by atoms with Gasteiger partial charge in [0, 0.05) is 0 Å². The second-order valence-electron chi connectivity index (χ2n) is 3.71. The molecule has 1 N–H and O–H groups in total. The number of halogens is 3. The summed E-state index contributed by atoms with van der Waals surface area (Å²) in [6.07, 6.45) is -4.02. The van der Waals surface area contributed by atoms with Gasteiger partial charge in [0.25, 0.3) is 11.5 Å². The van der Waals surface area contributed by atoms with Gasteiger partial charge in [-0.2, -0.15) is 13.2 Å². The summed E-state index contributed by atoms with van der Waals surface area (Å²) in [5.74, 6) is -0.734. The van der Waals surface area contributed by atoms with E-state index in [1.165, 1.54) is 0 Å². The van der Waals surface area contributed by atoms with E-state index in [2.05, 4.69) is 0 Å². The number of aromatic amines is 1. The molecule has 1 aliphatic heterocycles. The maximum atomic E-state index is 12.3. The molecule has 18 heavy (non-hydrogen) atoms. The number of carbonyl (C=O) groups is 1. The third kappa shape index (κ3) is 2.37. The van der Waals surface area contributed by atoms with Gasteiger partial charge in [-0.1, -0.05) is 0 Å². The number of hydrogen-bond acceptors (Lipinski definition) is 3. The number of amides is 1. The molecule has 0 unspecified atom stereocenters. The van der Waals surface area contributed by atoms with Gasteiger partial charge in [-0.05, 0) is 18.6 Å². The van der Waals surface area contributed by atoms with Crippen LogP contribution in [0.15, 0.2) is 16.9 Å². The molecule has 2 heterocycles. The van der Waals surface area contributed by atoms with Crippen LogP contribution in [-0.2, 0) is 11.0 Å². The van der Waals surface area contributed by atoms with Crippen LogP contribution in [0.2, 0.25) is 0 Å². The molecule has 8 heteroatoms. The molecular formula is C10H9F3N2O3. The minimum absolute atomic E-state index is 0.319. The Morgan fingerprint density at radius 1 is 1.39 bits per heavy atom. The van der Waals surface area contributed by atoms with Crippen LogP contribution in [0, 0.1) is 0 Å². The van der Waals surface area contributed by atoms with Gasteiger partial charge < -0.3 is 4.98 Å². The van der Waals surface area contributed by atoms with E-state index in [1.807, 2.05) is 0 Å². The second-order valence-corrected chi connectivity index (χ2v) is 3.71. The highest BCUT2D eigenvalue weighted by Gasteiger charge is 2.33. The van der Waals surface area contributed by atoms with Gasteiger partial charge in [0.1, 0.15) is 11.3 Å². The maximum Gasteiger partial charge on any atom is 0.431 e. The van der Waals surface area contributed by atoms with Crippen LogP contribution in [0.5, 0.6) is 0 Å². The lowest BCUT2D eigenvalue weighted by Crippen LogP contribution is -2.32. The second kappa shape index (κ2) is 4.45. The van der Waals surface area contributed by atoms with Crippen molar-refractivity contribution in [3.8, 4) is 0 Å². The van der Waals surface area contributed by atoms with Gasteiger partial charge >= 0.3 is 6.18 Å². The molecule has 0 atom stereocenters. The molecule has 0 aliphatic carbocycles. The van der Waals surface area contributed by atoms with E-state index in [0.29, 0.717) is 25.6 Å². The summed E-state index contributed by atoms with van der Waals surface area (Å²) < 4.78 is 36.9. The molecule has 1 saturated heterocycles. The zero-order valence-corrected chi connectivity index (χ0v) is 9.08. The number of rotatable bonds is 1. The third-order valence-electron chi connectivity index (χ3n) is 2.42. The van der Waals surface area contributed by atoms with Crippen LogP contribution in [0.25, 0.3) is 0 Å². The largest absolute Gasteiger partial charge is 0.431 e. The average molecular weight is 262 g/mol. The van der Waals surface area contributed by atoms with Gasteiger partial charge in [0.05, 0.1) is 13.2 Å². The van der Waals surface area contributed by atoms with Crippen molar-refractivity contribution < 1.29 is 22.8 Å². The van der Waals surface area contributed by atoms with Crippen LogP contribution in [0.4, 0.5) is 13.2 Å². The number of hydroxylamine groups is 2. The molecule has 5 nitrogen and oxygen atoms in total. The van der Waals surface area contributed by atoms with Crippen molar-refractivity contribution in [1.29, 1.82) is 0 Å². The van der Waals surface area contributed by atoms with E-state index in [1.54, 1.807) is 4.98 Å². The highest BCUT2D eigenvalue weighted by molar-refractivity contribution is 5.93. The van der Waals surface area contributed by atoms with E-state index in [0.717, 1.165) is 11.1 Å². The Balaban J connectivity index is 2.30. The minimum atomic E-state index is -4.65. The molecule has 1 aliphatic rings. The SMILES string of the molecule is O=C(c1ccc(C(F)(F)F)[nH]c1=O)N1CCCO1. The summed E-state index contributed by atoms with van der Waals surface area (Å²) >= 11 is 0. The Bertz CT molecular complexity index is 518. The van der Waals surface area contributed by atoms with Gasteiger partial charge in [-0.15, -0.1) is 0 Å². The number of H-pyrrole nitrogens is 1. The van der Waals surface area contributed by atoms with Crippen molar-refractivity contribution in [2.24, 2.45) is 0 Å². The van der Waals surface area contributed by atoms with Crippen LogP contribution in [0.1, 0.15) is 22.5 Å². The first kappa shape index (κ1) is 12.6. The lowest BCUT2D eigenvalue weighted by Gasteiger charge is -2.13. The molecule has 1 amide bonds. The van der Waals surface area contributed by atoms with E-state index in [9.17, 15) is 22.8 Å². The Hall–Kier alpha value is -1.83. The summed E-state index contributed by atoms with van der Waals surface area (Å²) in [4.78, 5) is 29.7. The third-order valence-corrected chi connectivity index (χ3v) is 2.42. The van der Waals surface area contributed by atoms with Crippen molar-refractivity contribution in [1.82, 2.24) is 10.0 Å². The summed E-state index contributed by atoms with van der Waals surface area (Å²) in [5, 5.41) is 0.970. The van der Waals surface area contributed by atoms with Crippen molar-refractivity contribution in [3.63, 3.8) is 0 Å². The maximum absolute atomic E-state index is 12.3. The van der Waals surface area contributed by atoms with Gasteiger partial charge in [0.2, 0.25) is 0 Å². The molecule has 0 bridgehead atoms. The summed E-state index contributed by atoms with van der Waals surface area (Å²) in [6.45, 7) is 0.670. The number of aromatic nitrogens is 1. The van der Waals surface area contributed by atoms with E-state index in [4.69, 9.17) is 4.84 Å². The van der Waals surface area contributed by atoms with Crippen LogP contribution < -0.4 is 5.56 Å². The number of alkyl halides is 3. The fourth-order valence-corrected chi connectivity index (χ4v) is 1.55. The Kier molecular flexibility index (Phi) is 3.12. The quantitative estimate of drug-likeness (QED) is 0.826. The van der Waals surface area contributed by atoms with Crippen molar-refractivity contribution in [2.75, 3.05) is 13.2 Å². The smallest absolute Gasteiger partial charge is 0.318 e. The van der Waals surface area contributed by atoms with Crippen LogP contribution in [0.3, 0.4) is 0 Å². The highest BCUT2D eigenvalue weighted by Crippen LogP contribution is 2.26. The van der Waals surface area contributed by atoms with E-state index < -0.39 is 23.3 Å². The van der Waals surface area contributed by atoms with Gasteiger partial charge in [-0.3, -0.25) is 14.4 Å². The first-order valence-electron chi connectivity index (χ1n) is 5.15. The predicted molar refractivity (Wildman–Crippen MR) is 53.7 cm³/mol. The van der Waals surface area contributed by atoms with E-state index in [-0.39, 0.29) is 5.56 Å². The lowest BCUT2D eigenvalue weighted by molar-refractivity contribution is -0.141. The molecule has 0 spiro atoms. The van der Waals surface area contributed by atoms with E-state index >= 15 is 0 Å². The van der Waals surface area contributed by atoms with Crippen molar-refractivity contribution in [2.45, 2.75) is 12.6 Å². The number of hydrogen-bond donors (Lipinski definition) is 1. The topological polar surface area (TPSA) is 62.4 Å². The lowest BCUT2D eigenvalue weighted by atomic mass is 10.2. The Morgan fingerprint density at radius 3 is 2.61 bits per heavy atom. The number of carbonyl (C=O) groups excluding carboxylic acids is 1. The number of nitrogens with zero attached hydrogens (tertiary/aromatic N) is 1. The van der Waals surface area contributed by atoms with Crippen molar-refractivity contribution >= 4 is 5.91 Å². The molecule has 1 aromatic rings. The average Bonchev–Trinajstić information content (AvgIpc) is 2.80. The van der Waals surface area contributed by atoms with Crippen LogP contribution in [-0.4, -0.2) is 29.1 Å². The minimum Gasteiger partial charge on any atom is -0.318 e. The zero-order valence-electron chi connectivity index (χ0n) is 9.08. The first-order chi connectivity index (χ1) is 8.39. The molecule has 1 aromatic heterocycles. The molecule has 0 aromatic carbocycles. The Labute approximate surface area is 99.1 Å². The monoisotopic (exact) mass is 262 g/mol. The Morgan fingerprint density at radius 2 is 2.11 bits per heavy atom. The van der Waals surface area contributed by atoms with Gasteiger partial charge in [-0.25, -0.2) is 5.06 Å². The first-order valence-corrected chi connectivity index (χ1v) is 5.15. The predicted octanol–water partition coefficient (Wildman–Crippen LogP) is 1.17. The molecule has 1 fully saturated rings. The van der Waals surface area contributed by atoms with Gasteiger partial charge in [0.15, 0.2) is 0 Å². The molecule has 0 saturated carbocycles. The fourth-order valence-electron chi connectivity index (χ4n) is 1.55. The normalized spacial score (nSPS) is 16.1. The van der Waals surface area contributed by atoms with Crippen LogP contribution >= 0.6 is 0 Å². The fraction of sp³-hybridized carbons (Fsp3) is 0.400. The number of pyridine rings is 1. The standard InChI is InChI=1S/C10H9F3N2O3/c11-10(12,13)7-3-2-6(8(16)14-7)9(17)15-4-1-5-18-15/h2-3H,1,4-5H2,(H,14,16). The highest BCUT2D eigenvalue weighted by atomic mass is 19.4. The molecular weight excluding hydrogens is 253 g/mol. The zero-order chi connectivity index (χ0) is 13.3. The summed E-state index contributed by atoms with van der Waals surface area (Å²) in [6, 6.07) is 1.51. The molecule has 2 rings (SSSR count). The molecule has 98 valence electrons. The summed E-state index contributed by atoms with van der Waals surface area (Å²) in [7, 11) is 0.